The molecule has 15 heavy (non-hydrogen) atoms. The van der Waals surface area contributed by atoms with Crippen LogP contribution in [0, 0.1) is 18.3 Å². The summed E-state index contributed by atoms with van der Waals surface area (Å²) < 4.78 is 1.64. The second-order valence-electron chi connectivity index (χ2n) is 3.03. The van der Waals surface area contributed by atoms with Gasteiger partial charge in [0.25, 0.3) is 0 Å². The van der Waals surface area contributed by atoms with Crippen LogP contribution < -0.4 is 0 Å². The first-order valence-electron chi connectivity index (χ1n) is 4.53. The lowest BCUT2D eigenvalue weighted by atomic mass is 10.3. The molecule has 0 saturated heterocycles. The summed E-state index contributed by atoms with van der Waals surface area (Å²) in [5, 5.41) is 19.3. The highest BCUT2D eigenvalue weighted by molar-refractivity contribution is 7.12. The molecule has 0 spiro atoms. The van der Waals surface area contributed by atoms with Crippen molar-refractivity contribution in [1.82, 2.24) is 20.0 Å². The highest BCUT2D eigenvalue weighted by atomic mass is 32.1. The summed E-state index contributed by atoms with van der Waals surface area (Å²) in [6, 6.07) is 2.03. The predicted octanol–water partition coefficient (Wildman–Crippen LogP) is 1.47. The van der Waals surface area contributed by atoms with E-state index in [0.29, 0.717) is 12.1 Å². The Hall–Kier alpha value is -1.74. The van der Waals surface area contributed by atoms with Gasteiger partial charge >= 0.3 is 0 Å². The third kappa shape index (κ3) is 1.62. The largest absolute Gasteiger partial charge is 0.224 e. The Morgan fingerprint density at radius 3 is 2.93 bits per heavy atom. The lowest BCUT2D eigenvalue weighted by Crippen LogP contribution is -2.01. The minimum Gasteiger partial charge on any atom is -0.224 e. The smallest absolute Gasteiger partial charge is 0.212 e. The van der Waals surface area contributed by atoms with Crippen molar-refractivity contribution in [3.8, 4) is 11.2 Å². The molecule has 0 bridgehead atoms. The molecule has 0 aliphatic carbocycles. The Labute approximate surface area is 91.0 Å². The molecular weight excluding hydrogens is 210 g/mol. The number of nitriles is 1. The topological polar surface area (TPSA) is 67.4 Å². The number of thiazole rings is 1. The molecular formula is C9H9N5S. The molecule has 0 N–H and O–H groups in total. The molecule has 0 saturated carbocycles. The third-order valence-corrected chi connectivity index (χ3v) is 2.93. The van der Waals surface area contributed by atoms with Crippen LogP contribution in [0.2, 0.25) is 0 Å². The van der Waals surface area contributed by atoms with E-state index in [1.165, 1.54) is 11.3 Å². The number of nitrogens with zero attached hydrogens (tertiary/aromatic N) is 5. The summed E-state index contributed by atoms with van der Waals surface area (Å²) >= 11 is 1.50. The van der Waals surface area contributed by atoms with Crippen LogP contribution in [0.5, 0.6) is 0 Å². The Bertz CT molecular complexity index is 519. The quantitative estimate of drug-likeness (QED) is 0.767. The van der Waals surface area contributed by atoms with Gasteiger partial charge in [-0.3, -0.25) is 0 Å². The highest BCUT2D eigenvalue weighted by Gasteiger charge is 2.13. The zero-order valence-corrected chi connectivity index (χ0v) is 9.25. The van der Waals surface area contributed by atoms with E-state index < -0.39 is 0 Å². The van der Waals surface area contributed by atoms with Crippen molar-refractivity contribution in [3.63, 3.8) is 0 Å². The van der Waals surface area contributed by atoms with Gasteiger partial charge in [0, 0.05) is 5.38 Å². The van der Waals surface area contributed by atoms with E-state index in [0.717, 1.165) is 16.5 Å². The molecule has 0 atom stereocenters. The molecule has 6 heteroatoms. The molecule has 2 rings (SSSR count). The molecule has 76 valence electrons. The first-order chi connectivity index (χ1) is 7.26. The van der Waals surface area contributed by atoms with Crippen molar-refractivity contribution in [1.29, 1.82) is 5.26 Å². The Morgan fingerprint density at radius 2 is 2.40 bits per heavy atom. The van der Waals surface area contributed by atoms with Crippen LogP contribution in [0.25, 0.3) is 5.13 Å². The zero-order chi connectivity index (χ0) is 10.8. The number of rotatable bonds is 2. The second-order valence-corrected chi connectivity index (χ2v) is 3.87. The second kappa shape index (κ2) is 3.79. The molecule has 5 nitrogen and oxygen atoms in total. The fourth-order valence-electron chi connectivity index (χ4n) is 1.30. The van der Waals surface area contributed by atoms with E-state index in [1.807, 2.05) is 25.3 Å². The van der Waals surface area contributed by atoms with Crippen molar-refractivity contribution < 1.29 is 0 Å². The lowest BCUT2D eigenvalue weighted by Gasteiger charge is -1.98. The Balaban J connectivity index is 2.54. The summed E-state index contributed by atoms with van der Waals surface area (Å²) in [6.07, 6.45) is 0.717. The predicted molar refractivity (Wildman–Crippen MR) is 55.9 cm³/mol. The molecule has 0 aliphatic heterocycles. The average Bonchev–Trinajstić information content (AvgIpc) is 2.82. The molecule has 0 aromatic carbocycles. The van der Waals surface area contributed by atoms with E-state index in [1.54, 1.807) is 4.68 Å². The molecule has 0 fully saturated rings. The SMILES string of the molecule is CCc1c(C#N)nnn1-c1nc(C)cs1. The van der Waals surface area contributed by atoms with Gasteiger partial charge in [-0.25, -0.2) is 4.98 Å². The monoisotopic (exact) mass is 219 g/mol. The number of hydrogen-bond donors (Lipinski definition) is 0. The summed E-state index contributed by atoms with van der Waals surface area (Å²) in [5.41, 5.74) is 2.14. The van der Waals surface area contributed by atoms with Gasteiger partial charge in [-0.15, -0.1) is 16.4 Å². The van der Waals surface area contributed by atoms with Crippen LogP contribution in [-0.2, 0) is 6.42 Å². The lowest BCUT2D eigenvalue weighted by molar-refractivity contribution is 0.760. The van der Waals surface area contributed by atoms with Gasteiger partial charge in [-0.1, -0.05) is 12.1 Å². The van der Waals surface area contributed by atoms with Gasteiger partial charge in [-0.2, -0.15) is 9.94 Å². The maximum Gasteiger partial charge on any atom is 0.212 e. The first-order valence-corrected chi connectivity index (χ1v) is 5.41. The van der Waals surface area contributed by atoms with Gasteiger partial charge in [0.1, 0.15) is 6.07 Å². The van der Waals surface area contributed by atoms with Crippen molar-refractivity contribution in [2.45, 2.75) is 20.3 Å². The fourth-order valence-corrected chi connectivity index (χ4v) is 2.07. The maximum atomic E-state index is 8.83. The van der Waals surface area contributed by atoms with E-state index in [9.17, 15) is 0 Å². The van der Waals surface area contributed by atoms with Crippen molar-refractivity contribution in [3.05, 3.63) is 22.5 Å². The average molecular weight is 219 g/mol. The van der Waals surface area contributed by atoms with Crippen LogP contribution in [0.4, 0.5) is 0 Å². The first kappa shape index (κ1) is 9.80. The minimum absolute atomic E-state index is 0.380. The van der Waals surface area contributed by atoms with Crippen molar-refractivity contribution in [2.75, 3.05) is 0 Å². The van der Waals surface area contributed by atoms with E-state index in [2.05, 4.69) is 15.3 Å². The van der Waals surface area contributed by atoms with Crippen molar-refractivity contribution in [2.24, 2.45) is 0 Å². The molecule has 0 aliphatic rings. The molecule has 2 heterocycles. The summed E-state index contributed by atoms with van der Waals surface area (Å²) in [6.45, 7) is 3.89. The normalized spacial score (nSPS) is 10.2. The van der Waals surface area contributed by atoms with Crippen LogP contribution in [0.1, 0.15) is 24.0 Å². The number of aryl methyl sites for hydroxylation is 1. The van der Waals surface area contributed by atoms with Crippen LogP contribution in [0.3, 0.4) is 0 Å². The molecule has 0 amide bonds. The fraction of sp³-hybridized carbons (Fsp3) is 0.333. The molecule has 0 radical (unpaired) electrons. The van der Waals surface area contributed by atoms with Crippen molar-refractivity contribution >= 4 is 11.3 Å². The van der Waals surface area contributed by atoms with Gasteiger partial charge < -0.3 is 0 Å². The van der Waals surface area contributed by atoms with E-state index in [-0.39, 0.29) is 0 Å². The van der Waals surface area contributed by atoms with Crippen LogP contribution in [-0.4, -0.2) is 20.0 Å². The van der Waals surface area contributed by atoms with Crippen LogP contribution in [0.15, 0.2) is 5.38 Å². The van der Waals surface area contributed by atoms with Gasteiger partial charge in [0.15, 0.2) is 5.69 Å². The summed E-state index contributed by atoms with van der Waals surface area (Å²) in [4.78, 5) is 4.31. The molecule has 2 aromatic rings. The van der Waals surface area contributed by atoms with Gasteiger partial charge in [-0.05, 0) is 13.3 Å². The van der Waals surface area contributed by atoms with E-state index >= 15 is 0 Å². The number of hydrogen-bond acceptors (Lipinski definition) is 5. The minimum atomic E-state index is 0.380. The standard InChI is InChI=1S/C9H9N5S/c1-3-8-7(4-10)12-13-14(8)9-11-6(2)5-15-9/h5H,3H2,1-2H3. The van der Waals surface area contributed by atoms with Gasteiger partial charge in [0.05, 0.1) is 11.4 Å². The maximum absolute atomic E-state index is 8.83. The van der Waals surface area contributed by atoms with Crippen LogP contribution >= 0.6 is 11.3 Å². The summed E-state index contributed by atoms with van der Waals surface area (Å²) in [5.74, 6) is 0. The highest BCUT2D eigenvalue weighted by Crippen LogP contribution is 2.17. The molecule has 2 aromatic heterocycles. The Morgan fingerprint density at radius 1 is 1.60 bits per heavy atom. The van der Waals surface area contributed by atoms with E-state index in [4.69, 9.17) is 5.26 Å². The van der Waals surface area contributed by atoms with Gasteiger partial charge in [0.2, 0.25) is 5.13 Å². The summed E-state index contributed by atoms with van der Waals surface area (Å²) in [7, 11) is 0. The molecule has 0 unspecified atom stereocenters. The third-order valence-electron chi connectivity index (χ3n) is 1.99. The number of aromatic nitrogens is 4. The zero-order valence-electron chi connectivity index (χ0n) is 8.43. The Kier molecular flexibility index (Phi) is 2.47.